The van der Waals surface area contributed by atoms with Gasteiger partial charge in [-0.15, -0.1) is 0 Å². The van der Waals surface area contributed by atoms with Gasteiger partial charge in [-0.25, -0.2) is 13.9 Å². The zero-order chi connectivity index (χ0) is 9.14. The fourth-order valence-corrected chi connectivity index (χ4v) is 0.963. The van der Waals surface area contributed by atoms with Crippen LogP contribution in [0.5, 0.6) is 0 Å². The Morgan fingerprint density at radius 3 is 3.00 bits per heavy atom. The minimum Gasteiger partial charge on any atom is -0.358 e. The van der Waals surface area contributed by atoms with Crippen LogP contribution in [0.1, 0.15) is 5.82 Å². The van der Waals surface area contributed by atoms with E-state index in [-0.39, 0.29) is 12.4 Å². The highest BCUT2D eigenvalue weighted by atomic mass is 19.1. The number of aryl methyl sites for hydroxylation is 1. The van der Waals surface area contributed by atoms with Crippen molar-refractivity contribution in [3.05, 3.63) is 22.1 Å². The lowest BCUT2D eigenvalue weighted by Crippen LogP contribution is -2.05. The fraction of sp³-hybridized carbons (Fsp3) is 0.500. The Balaban J connectivity index is 3.03. The Kier molecular flexibility index (Phi) is 2.37. The smallest absolute Gasteiger partial charge is 0.342 e. The van der Waals surface area contributed by atoms with E-state index in [1.165, 1.54) is 4.57 Å². The summed E-state index contributed by atoms with van der Waals surface area (Å²) < 4.78 is 13.1. The first-order valence-electron chi connectivity index (χ1n) is 3.39. The van der Waals surface area contributed by atoms with E-state index in [0.717, 1.165) is 6.20 Å². The number of rotatable bonds is 3. The van der Waals surface area contributed by atoms with Crippen molar-refractivity contribution in [3.63, 3.8) is 0 Å². The predicted octanol–water partition coefficient (Wildman–Crippen LogP) is 1.07. The summed E-state index contributed by atoms with van der Waals surface area (Å²) in [7, 11) is 0. The van der Waals surface area contributed by atoms with Gasteiger partial charge in [-0.1, -0.05) is 0 Å². The van der Waals surface area contributed by atoms with E-state index >= 15 is 0 Å². The Morgan fingerprint density at radius 1 is 1.83 bits per heavy atom. The first-order chi connectivity index (χ1) is 5.66. The van der Waals surface area contributed by atoms with Gasteiger partial charge in [0.05, 0.1) is 0 Å². The fourth-order valence-electron chi connectivity index (χ4n) is 0.963. The van der Waals surface area contributed by atoms with Gasteiger partial charge in [0.2, 0.25) is 0 Å². The molecule has 0 aromatic carbocycles. The van der Waals surface area contributed by atoms with Crippen molar-refractivity contribution in [1.82, 2.24) is 9.55 Å². The summed E-state index contributed by atoms with van der Waals surface area (Å²) in [5.74, 6) is 0.296. The lowest BCUT2D eigenvalue weighted by molar-refractivity contribution is -0.392. The Bertz CT molecular complexity index is 297. The highest BCUT2D eigenvalue weighted by Crippen LogP contribution is 2.12. The van der Waals surface area contributed by atoms with E-state index in [1.54, 1.807) is 6.92 Å². The summed E-state index contributed by atoms with van der Waals surface area (Å²) in [5.41, 5.74) is 0. The van der Waals surface area contributed by atoms with Crippen LogP contribution in [-0.4, -0.2) is 21.1 Å². The molecule has 12 heavy (non-hydrogen) atoms. The molecule has 1 aromatic rings. The number of aromatic nitrogens is 2. The van der Waals surface area contributed by atoms with Crippen molar-refractivity contribution in [2.45, 2.75) is 13.5 Å². The maximum absolute atomic E-state index is 11.9. The van der Waals surface area contributed by atoms with Gasteiger partial charge in [0.1, 0.15) is 19.4 Å². The average Bonchev–Trinajstić information content (AvgIpc) is 2.34. The van der Waals surface area contributed by atoms with E-state index in [4.69, 9.17) is 0 Å². The molecule has 0 fully saturated rings. The minimum absolute atomic E-state index is 0.0118. The molecule has 0 aliphatic heterocycles. The van der Waals surface area contributed by atoms with Crippen LogP contribution in [0.2, 0.25) is 0 Å². The summed E-state index contributed by atoms with van der Waals surface area (Å²) in [6.45, 7) is 0.961. The molecule has 5 nitrogen and oxygen atoms in total. The van der Waals surface area contributed by atoms with Gasteiger partial charge >= 0.3 is 5.82 Å². The van der Waals surface area contributed by atoms with E-state index in [2.05, 4.69) is 4.98 Å². The second-order valence-corrected chi connectivity index (χ2v) is 2.26. The molecule has 66 valence electrons. The molecule has 0 amide bonds. The molecule has 0 unspecified atom stereocenters. The second-order valence-electron chi connectivity index (χ2n) is 2.26. The maximum atomic E-state index is 11.9. The van der Waals surface area contributed by atoms with Crippen LogP contribution >= 0.6 is 0 Å². The largest absolute Gasteiger partial charge is 0.358 e. The number of alkyl halides is 1. The van der Waals surface area contributed by atoms with E-state index in [9.17, 15) is 14.5 Å². The topological polar surface area (TPSA) is 61.0 Å². The molecular weight excluding hydrogens is 165 g/mol. The van der Waals surface area contributed by atoms with Crippen molar-refractivity contribution in [2.75, 3.05) is 6.67 Å². The molecule has 1 aromatic heterocycles. The third kappa shape index (κ3) is 1.41. The van der Waals surface area contributed by atoms with Gasteiger partial charge in [0.15, 0.2) is 5.82 Å². The summed E-state index contributed by atoms with van der Waals surface area (Å²) >= 11 is 0. The number of nitro groups is 1. The predicted molar refractivity (Wildman–Crippen MR) is 39.6 cm³/mol. The van der Waals surface area contributed by atoms with Crippen molar-refractivity contribution in [2.24, 2.45) is 0 Å². The third-order valence-electron chi connectivity index (χ3n) is 1.53. The molecule has 0 N–H and O–H groups in total. The molecule has 0 aliphatic rings. The van der Waals surface area contributed by atoms with Crippen molar-refractivity contribution >= 4 is 5.82 Å². The highest BCUT2D eigenvalue weighted by molar-refractivity contribution is 5.18. The quantitative estimate of drug-likeness (QED) is 0.507. The summed E-state index contributed by atoms with van der Waals surface area (Å²) in [4.78, 5) is 13.5. The summed E-state index contributed by atoms with van der Waals surface area (Å²) in [5, 5.41) is 10.3. The first kappa shape index (κ1) is 8.63. The summed E-state index contributed by atoms with van der Waals surface area (Å²) in [6.07, 6.45) is 1.13. The zero-order valence-electron chi connectivity index (χ0n) is 6.53. The van der Waals surface area contributed by atoms with Crippen LogP contribution in [0.4, 0.5) is 10.2 Å². The van der Waals surface area contributed by atoms with Crippen LogP contribution in [-0.2, 0) is 6.54 Å². The van der Waals surface area contributed by atoms with Gasteiger partial charge in [0.25, 0.3) is 0 Å². The molecular formula is C6H8FN3O2. The maximum Gasteiger partial charge on any atom is 0.342 e. The van der Waals surface area contributed by atoms with Crippen molar-refractivity contribution < 1.29 is 9.31 Å². The van der Waals surface area contributed by atoms with E-state index in [1.807, 2.05) is 0 Å². The second kappa shape index (κ2) is 3.29. The van der Waals surface area contributed by atoms with Gasteiger partial charge < -0.3 is 10.1 Å². The van der Waals surface area contributed by atoms with Crippen LogP contribution in [0.25, 0.3) is 0 Å². The average molecular weight is 173 g/mol. The van der Waals surface area contributed by atoms with E-state index in [0.29, 0.717) is 5.82 Å². The molecule has 0 radical (unpaired) electrons. The third-order valence-corrected chi connectivity index (χ3v) is 1.53. The van der Waals surface area contributed by atoms with Crippen molar-refractivity contribution in [1.29, 1.82) is 0 Å². The van der Waals surface area contributed by atoms with Crippen LogP contribution in [0.15, 0.2) is 6.20 Å². The van der Waals surface area contributed by atoms with Gasteiger partial charge in [0, 0.05) is 6.92 Å². The number of nitrogens with zero attached hydrogens (tertiary/aromatic N) is 3. The lowest BCUT2D eigenvalue weighted by atomic mass is 10.6. The number of hydrogen-bond acceptors (Lipinski definition) is 3. The van der Waals surface area contributed by atoms with Gasteiger partial charge in [-0.2, -0.15) is 0 Å². The van der Waals surface area contributed by atoms with E-state index < -0.39 is 11.6 Å². The van der Waals surface area contributed by atoms with Crippen LogP contribution < -0.4 is 0 Å². The Labute approximate surface area is 68.0 Å². The first-order valence-corrected chi connectivity index (χ1v) is 3.39. The molecule has 0 saturated carbocycles. The summed E-state index contributed by atoms with van der Waals surface area (Å²) in [6, 6.07) is 0. The van der Waals surface area contributed by atoms with Crippen molar-refractivity contribution in [3.8, 4) is 0 Å². The highest BCUT2D eigenvalue weighted by Gasteiger charge is 2.16. The Hall–Kier alpha value is -1.46. The molecule has 0 aliphatic carbocycles. The number of imidazole rings is 1. The molecule has 6 heteroatoms. The van der Waals surface area contributed by atoms with Gasteiger partial charge in [-0.05, 0) is 4.92 Å². The lowest BCUT2D eigenvalue weighted by Gasteiger charge is -1.97. The molecule has 0 atom stereocenters. The molecule has 0 bridgehead atoms. The minimum atomic E-state index is -0.627. The molecule has 0 spiro atoms. The van der Waals surface area contributed by atoms with Crippen LogP contribution in [0.3, 0.4) is 0 Å². The molecule has 1 rings (SSSR count). The molecule has 1 heterocycles. The SMILES string of the molecule is Cc1ncc([N+](=O)[O-])n1CCF. The monoisotopic (exact) mass is 173 g/mol. The number of hydrogen-bond donors (Lipinski definition) is 0. The van der Waals surface area contributed by atoms with Gasteiger partial charge in [-0.3, -0.25) is 0 Å². The normalized spacial score (nSPS) is 10.2. The van der Waals surface area contributed by atoms with Crippen LogP contribution in [0, 0.1) is 17.0 Å². The zero-order valence-corrected chi connectivity index (χ0v) is 6.53. The number of halogens is 1. The Morgan fingerprint density at radius 2 is 2.50 bits per heavy atom. The standard InChI is InChI=1S/C6H8FN3O2/c1-5-8-4-6(10(11)12)9(5)3-2-7/h4H,2-3H2,1H3. The molecule has 0 saturated heterocycles.